The number of hydrogen-bond donors (Lipinski definition) is 0. The predicted octanol–water partition coefficient (Wildman–Crippen LogP) is 8.65. The summed E-state index contributed by atoms with van der Waals surface area (Å²) in [7, 11) is 0. The van der Waals surface area contributed by atoms with Crippen molar-refractivity contribution in [3.05, 3.63) is 160 Å². The number of aromatic nitrogens is 1. The van der Waals surface area contributed by atoms with Gasteiger partial charge in [-0.3, -0.25) is 0 Å². The van der Waals surface area contributed by atoms with Gasteiger partial charge in [0.15, 0.2) is 0 Å². The fourth-order valence-electron chi connectivity index (χ4n) is 4.53. The van der Waals surface area contributed by atoms with E-state index in [0.29, 0.717) is 0 Å². The Morgan fingerprint density at radius 3 is 1.29 bits per heavy atom. The predicted molar refractivity (Wildman–Crippen MR) is 160 cm³/mol. The second-order valence-electron chi connectivity index (χ2n) is 9.64. The number of rotatable bonds is 6. The first kappa shape index (κ1) is 25.0. The zero-order valence-corrected chi connectivity index (χ0v) is 22.3. The first-order valence-electron chi connectivity index (χ1n) is 12.9. The second-order valence-corrected chi connectivity index (χ2v) is 9.64. The lowest BCUT2D eigenvalue weighted by Crippen LogP contribution is -2.11. The number of nitrogens with zero attached hydrogens (tertiary/aromatic N) is 3. The summed E-state index contributed by atoms with van der Waals surface area (Å²) < 4.78 is 0. The van der Waals surface area contributed by atoms with Gasteiger partial charge >= 0.3 is 0 Å². The Balaban J connectivity index is 1.68. The molecule has 0 atom stereocenters. The van der Waals surface area contributed by atoms with E-state index in [2.05, 4.69) is 88.4 Å². The summed E-state index contributed by atoms with van der Waals surface area (Å²) in [6, 6.07) is 39.3. The van der Waals surface area contributed by atoms with Crippen LogP contribution in [0.25, 0.3) is 0 Å². The van der Waals surface area contributed by atoms with E-state index < -0.39 is 0 Å². The molecule has 0 aliphatic heterocycles. The van der Waals surface area contributed by atoms with Crippen LogP contribution in [-0.4, -0.2) is 16.4 Å². The van der Waals surface area contributed by atoms with Crippen molar-refractivity contribution in [3.8, 4) is 0 Å². The smallest absolute Gasteiger partial charge is 0.0966 e. The summed E-state index contributed by atoms with van der Waals surface area (Å²) in [6.45, 7) is 8.40. The third-order valence-electron chi connectivity index (χ3n) is 6.50. The Hall–Kier alpha value is -4.63. The van der Waals surface area contributed by atoms with E-state index in [1.165, 1.54) is 11.1 Å². The molecule has 5 aromatic rings. The summed E-state index contributed by atoms with van der Waals surface area (Å²) in [5.41, 5.74) is 11.9. The lowest BCUT2D eigenvalue weighted by molar-refractivity contribution is 1.24. The van der Waals surface area contributed by atoms with Gasteiger partial charge in [-0.15, -0.1) is 0 Å². The van der Waals surface area contributed by atoms with Crippen molar-refractivity contribution in [1.29, 1.82) is 0 Å². The van der Waals surface area contributed by atoms with Crippen LogP contribution in [0.4, 0.5) is 11.4 Å². The lowest BCUT2D eigenvalue weighted by Gasteiger charge is -2.12. The van der Waals surface area contributed by atoms with Crippen molar-refractivity contribution in [3.63, 3.8) is 0 Å². The van der Waals surface area contributed by atoms with Crippen LogP contribution in [-0.2, 0) is 0 Å². The van der Waals surface area contributed by atoms with Crippen molar-refractivity contribution >= 4 is 22.8 Å². The van der Waals surface area contributed by atoms with Crippen molar-refractivity contribution < 1.29 is 0 Å². The molecule has 1 aromatic heterocycles. The normalized spacial score (nSPS) is 12.0. The van der Waals surface area contributed by atoms with Gasteiger partial charge in [-0.1, -0.05) is 102 Å². The fraction of sp³-hybridized carbons (Fsp3) is 0.114. The number of pyridine rings is 1. The molecule has 0 fully saturated rings. The molecule has 0 aliphatic carbocycles. The Bertz CT molecular complexity index is 1510. The Morgan fingerprint density at radius 1 is 0.474 bits per heavy atom. The van der Waals surface area contributed by atoms with Crippen LogP contribution < -0.4 is 0 Å². The maximum Gasteiger partial charge on any atom is 0.0966 e. The summed E-state index contributed by atoms with van der Waals surface area (Å²) in [5.74, 6) is 0. The molecule has 0 N–H and O–H groups in total. The van der Waals surface area contributed by atoms with E-state index in [-0.39, 0.29) is 0 Å². The molecule has 0 bridgehead atoms. The van der Waals surface area contributed by atoms with E-state index >= 15 is 0 Å². The molecular weight excluding hydrogens is 462 g/mol. The van der Waals surface area contributed by atoms with Crippen molar-refractivity contribution in [1.82, 2.24) is 4.98 Å². The van der Waals surface area contributed by atoms with Gasteiger partial charge < -0.3 is 0 Å². The third kappa shape index (κ3) is 5.68. The third-order valence-corrected chi connectivity index (χ3v) is 6.50. The number of aryl methyl sites for hydroxylation is 4. The highest BCUT2D eigenvalue weighted by molar-refractivity contribution is 6.15. The summed E-state index contributed by atoms with van der Waals surface area (Å²) in [4.78, 5) is 15.4. The van der Waals surface area contributed by atoms with E-state index in [1.54, 1.807) is 0 Å². The summed E-state index contributed by atoms with van der Waals surface area (Å²) >= 11 is 0. The van der Waals surface area contributed by atoms with Gasteiger partial charge in [0.05, 0.1) is 34.2 Å². The monoisotopic (exact) mass is 493 g/mol. The van der Waals surface area contributed by atoms with E-state index in [9.17, 15) is 0 Å². The average molecular weight is 494 g/mol. The highest BCUT2D eigenvalue weighted by Crippen LogP contribution is 2.25. The zero-order valence-electron chi connectivity index (χ0n) is 22.3. The van der Waals surface area contributed by atoms with E-state index in [4.69, 9.17) is 15.0 Å². The van der Waals surface area contributed by atoms with Crippen LogP contribution >= 0.6 is 0 Å². The van der Waals surface area contributed by atoms with Crippen molar-refractivity contribution in [2.75, 3.05) is 0 Å². The highest BCUT2D eigenvalue weighted by atomic mass is 14.8. The van der Waals surface area contributed by atoms with Gasteiger partial charge in [0.2, 0.25) is 0 Å². The molecule has 4 aromatic carbocycles. The summed E-state index contributed by atoms with van der Waals surface area (Å²) in [6.07, 6.45) is 0. The Kier molecular flexibility index (Phi) is 7.37. The Labute approximate surface area is 225 Å². The largest absolute Gasteiger partial charge is 0.246 e. The molecule has 5 rings (SSSR count). The second kappa shape index (κ2) is 11.2. The van der Waals surface area contributed by atoms with Gasteiger partial charge in [0.1, 0.15) is 0 Å². The molecule has 0 radical (unpaired) electrons. The lowest BCUT2D eigenvalue weighted by atomic mass is 10.0. The van der Waals surface area contributed by atoms with Gasteiger partial charge in [-0.05, 0) is 63.1 Å². The van der Waals surface area contributed by atoms with Crippen LogP contribution in [0.2, 0.25) is 0 Å². The van der Waals surface area contributed by atoms with E-state index in [1.807, 2.05) is 54.6 Å². The van der Waals surface area contributed by atoms with Crippen molar-refractivity contribution in [2.24, 2.45) is 9.98 Å². The SMILES string of the molecule is Cc1ccc(/N=C(\c2ccccc2)c2cccc(/C(=N/c3ccc(C)cc3C)c3ccccc3)n2)c(C)c1. The quantitative estimate of drug-likeness (QED) is 0.218. The summed E-state index contributed by atoms with van der Waals surface area (Å²) in [5, 5.41) is 0. The van der Waals surface area contributed by atoms with Crippen LogP contribution in [0.5, 0.6) is 0 Å². The van der Waals surface area contributed by atoms with E-state index in [0.717, 1.165) is 56.4 Å². The first-order valence-corrected chi connectivity index (χ1v) is 12.9. The molecule has 0 amide bonds. The van der Waals surface area contributed by atoms with Crippen LogP contribution in [0.15, 0.2) is 125 Å². The molecule has 0 saturated carbocycles. The number of aliphatic imine (C=N–C) groups is 2. The van der Waals surface area contributed by atoms with Gasteiger partial charge in [0, 0.05) is 11.1 Å². The zero-order chi connectivity index (χ0) is 26.5. The number of benzene rings is 4. The molecule has 0 saturated heterocycles. The van der Waals surface area contributed by atoms with Gasteiger partial charge in [-0.25, -0.2) is 15.0 Å². The van der Waals surface area contributed by atoms with Gasteiger partial charge in [0.25, 0.3) is 0 Å². The molecule has 186 valence electrons. The minimum absolute atomic E-state index is 0.804. The molecule has 1 heterocycles. The van der Waals surface area contributed by atoms with Crippen LogP contribution in [0, 0.1) is 27.7 Å². The highest BCUT2D eigenvalue weighted by Gasteiger charge is 2.15. The maximum atomic E-state index is 5.15. The van der Waals surface area contributed by atoms with Crippen molar-refractivity contribution in [2.45, 2.75) is 27.7 Å². The molecule has 0 aliphatic rings. The minimum atomic E-state index is 0.804. The van der Waals surface area contributed by atoms with Crippen LogP contribution in [0.3, 0.4) is 0 Å². The number of hydrogen-bond acceptors (Lipinski definition) is 3. The molecule has 0 unspecified atom stereocenters. The minimum Gasteiger partial charge on any atom is -0.246 e. The molecule has 3 nitrogen and oxygen atoms in total. The first-order chi connectivity index (χ1) is 18.5. The van der Waals surface area contributed by atoms with Gasteiger partial charge in [-0.2, -0.15) is 0 Å². The fourth-order valence-corrected chi connectivity index (χ4v) is 4.53. The average Bonchev–Trinajstić information content (AvgIpc) is 2.93. The Morgan fingerprint density at radius 2 is 0.895 bits per heavy atom. The van der Waals surface area contributed by atoms with Crippen LogP contribution in [0.1, 0.15) is 44.8 Å². The molecule has 3 heteroatoms. The molecular formula is C35H31N3. The molecule has 38 heavy (non-hydrogen) atoms. The standard InChI is InChI=1S/C35H31N3/c1-24-18-20-30(26(3)22-24)37-34(28-12-7-5-8-13-28)32-16-11-17-33(36-32)35(29-14-9-6-10-15-29)38-31-21-19-25(2)23-27(31)4/h5-23H,1-4H3/b37-34+,38-35+. The topological polar surface area (TPSA) is 37.6 Å². The maximum absolute atomic E-state index is 5.15. The molecule has 0 spiro atoms.